The Morgan fingerprint density at radius 1 is 0.810 bits per heavy atom. The first-order valence-electron chi connectivity index (χ1n) is 6.32. The summed E-state index contributed by atoms with van der Waals surface area (Å²) >= 11 is 3.32. The molecular formula is C16H12BrNO2S. The molecule has 0 fully saturated rings. The summed E-state index contributed by atoms with van der Waals surface area (Å²) < 4.78 is 28.3. The van der Waals surface area contributed by atoms with Crippen molar-refractivity contribution >= 4 is 42.4 Å². The number of hydrogen-bond donors (Lipinski definition) is 1. The monoisotopic (exact) mass is 361 g/mol. The topological polar surface area (TPSA) is 46.2 Å². The molecule has 21 heavy (non-hydrogen) atoms. The van der Waals surface area contributed by atoms with Crippen molar-refractivity contribution in [2.75, 3.05) is 4.72 Å². The third-order valence-corrected chi connectivity index (χ3v) is 4.98. The molecule has 0 spiro atoms. The van der Waals surface area contributed by atoms with E-state index < -0.39 is 10.0 Å². The predicted molar refractivity (Wildman–Crippen MR) is 88.9 cm³/mol. The molecule has 3 rings (SSSR count). The summed E-state index contributed by atoms with van der Waals surface area (Å²) in [5.74, 6) is 0. The molecule has 0 saturated heterocycles. The molecule has 3 nitrogen and oxygen atoms in total. The molecule has 0 amide bonds. The van der Waals surface area contributed by atoms with Crippen LogP contribution in [0, 0.1) is 0 Å². The van der Waals surface area contributed by atoms with Crippen LogP contribution in [0.15, 0.2) is 76.1 Å². The highest BCUT2D eigenvalue weighted by atomic mass is 79.9. The van der Waals surface area contributed by atoms with Gasteiger partial charge in [-0.05, 0) is 41.1 Å². The minimum absolute atomic E-state index is 0.251. The zero-order valence-corrected chi connectivity index (χ0v) is 13.4. The molecule has 1 N–H and O–H groups in total. The van der Waals surface area contributed by atoms with E-state index in [9.17, 15) is 8.42 Å². The number of nitrogens with one attached hydrogen (secondary N) is 1. The first-order chi connectivity index (χ1) is 10.0. The van der Waals surface area contributed by atoms with Crippen LogP contribution in [0.1, 0.15) is 0 Å². The summed E-state index contributed by atoms with van der Waals surface area (Å²) in [5.41, 5.74) is 0.525. The van der Waals surface area contributed by atoms with Gasteiger partial charge in [-0.3, -0.25) is 4.72 Å². The summed E-state index contributed by atoms with van der Waals surface area (Å²) in [6.07, 6.45) is 0. The van der Waals surface area contributed by atoms with Crippen LogP contribution in [-0.2, 0) is 10.0 Å². The molecule has 3 aromatic rings. The fourth-order valence-electron chi connectivity index (χ4n) is 2.10. The minimum atomic E-state index is -3.59. The van der Waals surface area contributed by atoms with Gasteiger partial charge in [0.15, 0.2) is 0 Å². The van der Waals surface area contributed by atoms with Gasteiger partial charge in [0, 0.05) is 10.2 Å². The van der Waals surface area contributed by atoms with Crippen molar-refractivity contribution in [3.8, 4) is 0 Å². The zero-order valence-electron chi connectivity index (χ0n) is 11.0. The first kappa shape index (κ1) is 14.1. The Morgan fingerprint density at radius 2 is 1.57 bits per heavy atom. The number of anilines is 1. The van der Waals surface area contributed by atoms with E-state index >= 15 is 0 Å². The molecule has 0 radical (unpaired) electrons. The van der Waals surface area contributed by atoms with Crippen molar-refractivity contribution in [2.45, 2.75) is 4.90 Å². The fraction of sp³-hybridized carbons (Fsp3) is 0. The largest absolute Gasteiger partial charge is 0.280 e. The van der Waals surface area contributed by atoms with Gasteiger partial charge < -0.3 is 0 Å². The lowest BCUT2D eigenvalue weighted by Gasteiger charge is -2.09. The van der Waals surface area contributed by atoms with Crippen molar-refractivity contribution in [3.05, 3.63) is 71.2 Å². The highest BCUT2D eigenvalue weighted by molar-refractivity contribution is 9.10. The predicted octanol–water partition coefficient (Wildman–Crippen LogP) is 4.40. The highest BCUT2D eigenvalue weighted by Gasteiger charge is 2.14. The Bertz CT molecular complexity index is 907. The minimum Gasteiger partial charge on any atom is -0.280 e. The van der Waals surface area contributed by atoms with E-state index in [-0.39, 0.29) is 4.90 Å². The Kier molecular flexibility index (Phi) is 3.69. The molecule has 106 valence electrons. The summed E-state index contributed by atoms with van der Waals surface area (Å²) in [4.78, 5) is 0.251. The second-order valence-corrected chi connectivity index (χ2v) is 7.22. The second kappa shape index (κ2) is 5.50. The Morgan fingerprint density at radius 3 is 2.33 bits per heavy atom. The van der Waals surface area contributed by atoms with E-state index in [2.05, 4.69) is 20.7 Å². The van der Waals surface area contributed by atoms with Crippen LogP contribution in [-0.4, -0.2) is 8.42 Å². The number of rotatable bonds is 3. The summed E-state index contributed by atoms with van der Waals surface area (Å²) in [6, 6.07) is 19.8. The Hall–Kier alpha value is -1.85. The average molecular weight is 362 g/mol. The standard InChI is InChI=1S/C16H12BrNO2S/c17-14-6-3-7-15(11-14)18-21(19,20)16-9-8-12-4-1-2-5-13(12)10-16/h1-11,18H. The molecular weight excluding hydrogens is 350 g/mol. The van der Waals surface area contributed by atoms with E-state index in [1.54, 1.807) is 30.3 Å². The molecule has 0 saturated carbocycles. The van der Waals surface area contributed by atoms with Crippen LogP contribution in [0.5, 0.6) is 0 Å². The molecule has 0 aliphatic carbocycles. The third-order valence-electron chi connectivity index (χ3n) is 3.11. The summed E-state index contributed by atoms with van der Waals surface area (Å²) in [5, 5.41) is 1.91. The van der Waals surface area contributed by atoms with Gasteiger partial charge in [-0.2, -0.15) is 0 Å². The van der Waals surface area contributed by atoms with E-state index in [1.165, 1.54) is 0 Å². The van der Waals surface area contributed by atoms with E-state index in [0.717, 1.165) is 15.2 Å². The second-order valence-electron chi connectivity index (χ2n) is 4.62. The van der Waals surface area contributed by atoms with Gasteiger partial charge in [0.1, 0.15) is 0 Å². The van der Waals surface area contributed by atoms with Crippen LogP contribution in [0.4, 0.5) is 5.69 Å². The molecule has 0 atom stereocenters. The van der Waals surface area contributed by atoms with Crippen molar-refractivity contribution in [1.29, 1.82) is 0 Å². The molecule has 0 aliphatic rings. The highest BCUT2D eigenvalue weighted by Crippen LogP contribution is 2.22. The number of benzene rings is 3. The molecule has 0 unspecified atom stereocenters. The van der Waals surface area contributed by atoms with Gasteiger partial charge in [-0.25, -0.2) is 8.42 Å². The summed E-state index contributed by atoms with van der Waals surface area (Å²) in [7, 11) is -3.59. The van der Waals surface area contributed by atoms with E-state index in [0.29, 0.717) is 5.69 Å². The van der Waals surface area contributed by atoms with Crippen molar-refractivity contribution in [1.82, 2.24) is 0 Å². The summed E-state index contributed by atoms with van der Waals surface area (Å²) in [6.45, 7) is 0. The molecule has 0 bridgehead atoms. The van der Waals surface area contributed by atoms with E-state index in [1.807, 2.05) is 36.4 Å². The maximum absolute atomic E-state index is 12.4. The van der Waals surface area contributed by atoms with Gasteiger partial charge in [0.05, 0.1) is 4.90 Å². The number of hydrogen-bond acceptors (Lipinski definition) is 2. The first-order valence-corrected chi connectivity index (χ1v) is 8.59. The lowest BCUT2D eigenvalue weighted by molar-refractivity contribution is 0.601. The zero-order chi connectivity index (χ0) is 14.9. The average Bonchev–Trinajstić information content (AvgIpc) is 2.46. The fourth-order valence-corrected chi connectivity index (χ4v) is 3.58. The maximum atomic E-state index is 12.4. The molecule has 0 aliphatic heterocycles. The smallest absolute Gasteiger partial charge is 0.261 e. The van der Waals surface area contributed by atoms with Crippen molar-refractivity contribution in [3.63, 3.8) is 0 Å². The lowest BCUT2D eigenvalue weighted by atomic mass is 10.1. The van der Waals surface area contributed by atoms with E-state index in [4.69, 9.17) is 0 Å². The molecule has 0 heterocycles. The normalized spacial score (nSPS) is 11.5. The number of halogens is 1. The number of sulfonamides is 1. The van der Waals surface area contributed by atoms with Gasteiger partial charge >= 0.3 is 0 Å². The van der Waals surface area contributed by atoms with Gasteiger partial charge in [0.2, 0.25) is 0 Å². The van der Waals surface area contributed by atoms with Crippen LogP contribution >= 0.6 is 15.9 Å². The molecule has 5 heteroatoms. The quantitative estimate of drug-likeness (QED) is 0.751. The Labute approximate surface area is 131 Å². The molecule has 3 aromatic carbocycles. The van der Waals surface area contributed by atoms with Gasteiger partial charge in [-0.15, -0.1) is 0 Å². The van der Waals surface area contributed by atoms with Crippen LogP contribution in [0.3, 0.4) is 0 Å². The van der Waals surface area contributed by atoms with Gasteiger partial charge in [0.25, 0.3) is 10.0 Å². The molecule has 0 aromatic heterocycles. The lowest BCUT2D eigenvalue weighted by Crippen LogP contribution is -2.12. The van der Waals surface area contributed by atoms with Crippen LogP contribution in [0.25, 0.3) is 10.8 Å². The van der Waals surface area contributed by atoms with Gasteiger partial charge in [-0.1, -0.05) is 52.3 Å². The van der Waals surface area contributed by atoms with Crippen LogP contribution in [0.2, 0.25) is 0 Å². The number of fused-ring (bicyclic) bond motifs is 1. The van der Waals surface area contributed by atoms with Crippen molar-refractivity contribution < 1.29 is 8.42 Å². The Balaban J connectivity index is 2.00. The SMILES string of the molecule is O=S(=O)(Nc1cccc(Br)c1)c1ccc2ccccc2c1. The van der Waals surface area contributed by atoms with Crippen LogP contribution < -0.4 is 4.72 Å². The third kappa shape index (κ3) is 3.09. The maximum Gasteiger partial charge on any atom is 0.261 e. The van der Waals surface area contributed by atoms with Crippen molar-refractivity contribution in [2.24, 2.45) is 0 Å².